The number of aliphatic hydroxyl groups excluding tert-OH is 1. The Morgan fingerprint density at radius 1 is 1.29 bits per heavy atom. The van der Waals surface area contributed by atoms with Crippen molar-refractivity contribution < 1.29 is 5.11 Å². The highest BCUT2D eigenvalue weighted by Crippen LogP contribution is 2.43. The van der Waals surface area contributed by atoms with E-state index >= 15 is 0 Å². The highest BCUT2D eigenvalue weighted by molar-refractivity contribution is 5.01. The zero-order valence-corrected chi connectivity index (χ0v) is 12.0. The highest BCUT2D eigenvalue weighted by Gasteiger charge is 2.47. The summed E-state index contributed by atoms with van der Waals surface area (Å²) in [6.07, 6.45) is 5.03. The Labute approximate surface area is 106 Å². The first-order chi connectivity index (χ1) is 7.87. The van der Waals surface area contributed by atoms with Crippen molar-refractivity contribution in [3.05, 3.63) is 0 Å². The van der Waals surface area contributed by atoms with E-state index in [-0.39, 0.29) is 5.54 Å². The molecule has 1 N–H and O–H groups in total. The fraction of sp³-hybridized carbons (Fsp3) is 1.00. The zero-order chi connectivity index (χ0) is 12.7. The molecule has 2 fully saturated rings. The summed E-state index contributed by atoms with van der Waals surface area (Å²) < 4.78 is 0. The molecule has 1 aliphatic heterocycles. The molecule has 0 aromatic rings. The lowest BCUT2D eigenvalue weighted by Crippen LogP contribution is -2.65. The molecule has 0 radical (unpaired) electrons. The lowest BCUT2D eigenvalue weighted by Gasteiger charge is -2.57. The summed E-state index contributed by atoms with van der Waals surface area (Å²) in [5.74, 6) is 1.59. The Balaban J connectivity index is 1.97. The predicted molar refractivity (Wildman–Crippen MR) is 72.0 cm³/mol. The van der Waals surface area contributed by atoms with Crippen molar-refractivity contribution in [1.82, 2.24) is 4.90 Å². The van der Waals surface area contributed by atoms with Crippen molar-refractivity contribution in [2.24, 2.45) is 17.3 Å². The highest BCUT2D eigenvalue weighted by atomic mass is 16.3. The first kappa shape index (κ1) is 13.4. The molecule has 0 spiro atoms. The molecular formula is C15H29NO. The minimum absolute atomic E-state index is 0.124. The van der Waals surface area contributed by atoms with Crippen LogP contribution in [0, 0.1) is 17.3 Å². The van der Waals surface area contributed by atoms with Crippen LogP contribution in [0.2, 0.25) is 0 Å². The number of rotatable bonds is 2. The number of likely N-dealkylation sites (tertiary alicyclic amines) is 1. The van der Waals surface area contributed by atoms with Crippen LogP contribution in [0.4, 0.5) is 0 Å². The topological polar surface area (TPSA) is 23.5 Å². The smallest absolute Gasteiger partial charge is 0.0615 e. The largest absolute Gasteiger partial charge is 0.394 e. The van der Waals surface area contributed by atoms with Crippen molar-refractivity contribution >= 4 is 0 Å². The van der Waals surface area contributed by atoms with Gasteiger partial charge in [0.15, 0.2) is 0 Å². The molecule has 0 aromatic heterocycles. The number of hydrogen-bond donors (Lipinski definition) is 1. The third-order valence-corrected chi connectivity index (χ3v) is 5.14. The molecule has 100 valence electrons. The predicted octanol–water partition coefficient (Wildman–Crippen LogP) is 2.91. The van der Waals surface area contributed by atoms with Gasteiger partial charge in [0.2, 0.25) is 0 Å². The average molecular weight is 239 g/mol. The third-order valence-electron chi connectivity index (χ3n) is 5.14. The lowest BCUT2D eigenvalue weighted by atomic mass is 9.69. The van der Waals surface area contributed by atoms with Crippen molar-refractivity contribution in [1.29, 1.82) is 0 Å². The van der Waals surface area contributed by atoms with E-state index in [1.807, 2.05) is 0 Å². The minimum atomic E-state index is 0.124. The molecule has 0 aromatic carbocycles. The van der Waals surface area contributed by atoms with Gasteiger partial charge < -0.3 is 5.11 Å². The number of nitrogens with zero attached hydrogens (tertiary/aromatic N) is 1. The van der Waals surface area contributed by atoms with Gasteiger partial charge in [0, 0.05) is 18.6 Å². The van der Waals surface area contributed by atoms with E-state index in [4.69, 9.17) is 0 Å². The van der Waals surface area contributed by atoms with E-state index in [9.17, 15) is 5.11 Å². The van der Waals surface area contributed by atoms with Crippen LogP contribution in [0.3, 0.4) is 0 Å². The molecule has 17 heavy (non-hydrogen) atoms. The van der Waals surface area contributed by atoms with E-state index in [1.165, 1.54) is 38.8 Å². The lowest BCUT2D eigenvalue weighted by molar-refractivity contribution is -0.0998. The van der Waals surface area contributed by atoms with Crippen LogP contribution in [-0.2, 0) is 0 Å². The van der Waals surface area contributed by atoms with Crippen LogP contribution in [-0.4, -0.2) is 35.2 Å². The normalized spacial score (nSPS) is 36.9. The van der Waals surface area contributed by atoms with Gasteiger partial charge in [0.05, 0.1) is 6.61 Å². The second kappa shape index (κ2) is 4.55. The van der Waals surface area contributed by atoms with Crippen molar-refractivity contribution in [2.45, 2.75) is 58.9 Å². The fourth-order valence-corrected chi connectivity index (χ4v) is 3.58. The Morgan fingerprint density at radius 2 is 1.94 bits per heavy atom. The van der Waals surface area contributed by atoms with E-state index in [2.05, 4.69) is 32.6 Å². The molecule has 2 atom stereocenters. The first-order valence-corrected chi connectivity index (χ1v) is 7.23. The summed E-state index contributed by atoms with van der Waals surface area (Å²) in [6, 6.07) is 0. The van der Waals surface area contributed by atoms with Crippen molar-refractivity contribution in [2.75, 3.05) is 19.7 Å². The van der Waals surface area contributed by atoms with Gasteiger partial charge >= 0.3 is 0 Å². The second-order valence-corrected chi connectivity index (χ2v) is 7.55. The van der Waals surface area contributed by atoms with E-state index in [1.54, 1.807) is 0 Å². The van der Waals surface area contributed by atoms with Gasteiger partial charge in [-0.2, -0.15) is 0 Å². The van der Waals surface area contributed by atoms with Crippen LogP contribution < -0.4 is 0 Å². The summed E-state index contributed by atoms with van der Waals surface area (Å²) in [7, 11) is 0. The molecule has 2 heteroatoms. The standard InChI is InChI=1S/C15H29NO/c1-12-6-5-7-15(8-12,11-17)16-9-13(10-16)14(2,3)4/h12-13,17H,5-11H2,1-4H3. The monoisotopic (exact) mass is 239 g/mol. The van der Waals surface area contributed by atoms with Crippen LogP contribution in [0.1, 0.15) is 53.4 Å². The molecule has 0 bridgehead atoms. The number of aliphatic hydroxyl groups is 1. The summed E-state index contributed by atoms with van der Waals surface area (Å²) >= 11 is 0. The SMILES string of the molecule is CC1CCCC(CO)(N2CC(C(C)(C)C)C2)C1. The van der Waals surface area contributed by atoms with Gasteiger partial charge in [-0.3, -0.25) is 4.90 Å². The van der Waals surface area contributed by atoms with Crippen LogP contribution in [0.15, 0.2) is 0 Å². The Morgan fingerprint density at radius 3 is 2.41 bits per heavy atom. The van der Waals surface area contributed by atoms with Crippen LogP contribution in [0.25, 0.3) is 0 Å². The van der Waals surface area contributed by atoms with Gasteiger partial charge in [0.25, 0.3) is 0 Å². The molecule has 0 amide bonds. The Bertz CT molecular complexity index is 265. The molecule has 2 nitrogen and oxygen atoms in total. The van der Waals surface area contributed by atoms with E-state index in [0.717, 1.165) is 11.8 Å². The molecule has 2 rings (SSSR count). The summed E-state index contributed by atoms with van der Waals surface area (Å²) in [5.41, 5.74) is 0.548. The van der Waals surface area contributed by atoms with Crippen molar-refractivity contribution in [3.63, 3.8) is 0 Å². The molecule has 1 saturated carbocycles. The summed E-state index contributed by atoms with van der Waals surface area (Å²) in [5, 5.41) is 9.84. The maximum absolute atomic E-state index is 9.84. The maximum Gasteiger partial charge on any atom is 0.0615 e. The quantitative estimate of drug-likeness (QED) is 0.801. The molecule has 1 aliphatic carbocycles. The number of hydrogen-bond acceptors (Lipinski definition) is 2. The molecule has 2 aliphatic rings. The maximum atomic E-state index is 9.84. The van der Waals surface area contributed by atoms with E-state index in [0.29, 0.717) is 12.0 Å². The Kier molecular flexibility index (Phi) is 3.57. The van der Waals surface area contributed by atoms with Gasteiger partial charge in [-0.15, -0.1) is 0 Å². The minimum Gasteiger partial charge on any atom is -0.394 e. The summed E-state index contributed by atoms with van der Waals surface area (Å²) in [6.45, 7) is 12.1. The van der Waals surface area contributed by atoms with E-state index < -0.39 is 0 Å². The molecule has 2 unspecified atom stereocenters. The molecule has 1 saturated heterocycles. The van der Waals surface area contributed by atoms with Gasteiger partial charge in [-0.1, -0.05) is 40.5 Å². The third kappa shape index (κ3) is 2.53. The van der Waals surface area contributed by atoms with Gasteiger partial charge in [0.1, 0.15) is 0 Å². The van der Waals surface area contributed by atoms with Crippen LogP contribution >= 0.6 is 0 Å². The molecule has 1 heterocycles. The Hall–Kier alpha value is -0.0800. The fourth-order valence-electron chi connectivity index (χ4n) is 3.58. The summed E-state index contributed by atoms with van der Waals surface area (Å²) in [4.78, 5) is 2.57. The second-order valence-electron chi connectivity index (χ2n) is 7.55. The molecular weight excluding hydrogens is 210 g/mol. The van der Waals surface area contributed by atoms with Gasteiger partial charge in [-0.25, -0.2) is 0 Å². The van der Waals surface area contributed by atoms with Crippen molar-refractivity contribution in [3.8, 4) is 0 Å². The van der Waals surface area contributed by atoms with Crippen LogP contribution in [0.5, 0.6) is 0 Å². The first-order valence-electron chi connectivity index (χ1n) is 7.23. The average Bonchev–Trinajstić information content (AvgIpc) is 2.12. The van der Waals surface area contributed by atoms with Gasteiger partial charge in [-0.05, 0) is 30.1 Å². The zero-order valence-electron chi connectivity index (χ0n) is 12.0.